The first-order valence-corrected chi connectivity index (χ1v) is 13.5. The molecular weight excluding hydrogens is 492 g/mol. The highest BCUT2D eigenvalue weighted by Gasteiger charge is 2.24. The average Bonchev–Trinajstić information content (AvgIpc) is 2.99. The molecule has 2 N–H and O–H groups in total. The highest BCUT2D eigenvalue weighted by molar-refractivity contribution is 6.02. The van der Waals surface area contributed by atoms with Crippen LogP contribution in [0.5, 0.6) is 5.75 Å². The molecule has 0 aromatic heterocycles. The van der Waals surface area contributed by atoms with E-state index in [1.165, 1.54) is 0 Å². The number of amides is 2. The number of carbonyl (C=O) groups excluding carboxylic acids is 2. The van der Waals surface area contributed by atoms with Crippen molar-refractivity contribution in [2.45, 2.75) is 19.3 Å². The van der Waals surface area contributed by atoms with Gasteiger partial charge in [-0.05, 0) is 48.7 Å². The Balaban J connectivity index is 1.46. The van der Waals surface area contributed by atoms with Gasteiger partial charge in [0.1, 0.15) is 5.75 Å². The van der Waals surface area contributed by atoms with Crippen LogP contribution in [0.3, 0.4) is 0 Å². The lowest BCUT2D eigenvalue weighted by Gasteiger charge is -2.38. The molecule has 0 aliphatic carbocycles. The molecule has 2 amide bonds. The minimum Gasteiger partial charge on any atom is -0.495 e. The van der Waals surface area contributed by atoms with Crippen LogP contribution in [-0.2, 0) is 16.0 Å². The number of nitrogens with zero attached hydrogens (tertiary/aromatic N) is 2. The van der Waals surface area contributed by atoms with E-state index in [0.29, 0.717) is 37.2 Å². The number of aryl methyl sites for hydroxylation is 1. The van der Waals surface area contributed by atoms with Gasteiger partial charge in [0.15, 0.2) is 0 Å². The maximum atomic E-state index is 13.3. The highest BCUT2D eigenvalue weighted by Crippen LogP contribution is 2.31. The topological polar surface area (TPSA) is 83.1 Å². The van der Waals surface area contributed by atoms with Gasteiger partial charge in [-0.15, -0.1) is 0 Å². The SMILES string of the molecule is COCCCNC(=O)c1cc(NC(=O)CCc2ccccc2)ccc1N1CCN(c2ccccc2OC)CC1. The third-order valence-corrected chi connectivity index (χ3v) is 6.87. The van der Waals surface area contributed by atoms with Crippen molar-refractivity contribution in [3.05, 3.63) is 83.9 Å². The second-order valence-corrected chi connectivity index (χ2v) is 9.51. The van der Waals surface area contributed by atoms with Crippen molar-refractivity contribution in [1.29, 1.82) is 0 Å². The molecule has 0 atom stereocenters. The number of methoxy groups -OCH3 is 2. The maximum absolute atomic E-state index is 13.3. The Hall–Kier alpha value is -4.04. The average molecular weight is 531 g/mol. The Morgan fingerprint density at radius 1 is 0.846 bits per heavy atom. The van der Waals surface area contributed by atoms with Gasteiger partial charge in [-0.2, -0.15) is 0 Å². The number of hydrogen-bond acceptors (Lipinski definition) is 6. The fourth-order valence-electron chi connectivity index (χ4n) is 4.79. The van der Waals surface area contributed by atoms with Crippen LogP contribution in [0.25, 0.3) is 0 Å². The van der Waals surface area contributed by atoms with Gasteiger partial charge < -0.3 is 29.9 Å². The summed E-state index contributed by atoms with van der Waals surface area (Å²) in [5.41, 5.74) is 4.22. The van der Waals surface area contributed by atoms with Gasteiger partial charge in [0.25, 0.3) is 5.91 Å². The van der Waals surface area contributed by atoms with Crippen molar-refractivity contribution >= 4 is 28.9 Å². The Bertz CT molecular complexity index is 1230. The first-order chi connectivity index (χ1) is 19.1. The molecule has 0 spiro atoms. The normalized spacial score (nSPS) is 13.2. The molecule has 4 rings (SSSR count). The van der Waals surface area contributed by atoms with Crippen molar-refractivity contribution in [3.63, 3.8) is 0 Å². The summed E-state index contributed by atoms with van der Waals surface area (Å²) in [6, 6.07) is 23.6. The molecule has 8 heteroatoms. The predicted molar refractivity (Wildman–Crippen MR) is 156 cm³/mol. The van der Waals surface area contributed by atoms with Crippen molar-refractivity contribution in [3.8, 4) is 5.75 Å². The van der Waals surface area contributed by atoms with Gasteiger partial charge in [-0.3, -0.25) is 9.59 Å². The van der Waals surface area contributed by atoms with E-state index in [1.807, 2.05) is 60.7 Å². The first-order valence-electron chi connectivity index (χ1n) is 13.5. The molecule has 1 aliphatic rings. The van der Waals surface area contributed by atoms with E-state index in [-0.39, 0.29) is 11.8 Å². The largest absolute Gasteiger partial charge is 0.495 e. The molecule has 1 fully saturated rings. The number of nitrogens with one attached hydrogen (secondary N) is 2. The van der Waals surface area contributed by atoms with Crippen LogP contribution in [0.1, 0.15) is 28.8 Å². The van der Waals surface area contributed by atoms with Gasteiger partial charge in [-0.1, -0.05) is 42.5 Å². The lowest BCUT2D eigenvalue weighted by molar-refractivity contribution is -0.116. The number of carbonyl (C=O) groups is 2. The monoisotopic (exact) mass is 530 g/mol. The minimum atomic E-state index is -0.159. The molecule has 39 heavy (non-hydrogen) atoms. The van der Waals surface area contributed by atoms with E-state index < -0.39 is 0 Å². The molecule has 0 unspecified atom stereocenters. The maximum Gasteiger partial charge on any atom is 0.253 e. The van der Waals surface area contributed by atoms with Crippen LogP contribution in [0.4, 0.5) is 17.1 Å². The Morgan fingerprint density at radius 3 is 2.26 bits per heavy atom. The van der Waals surface area contributed by atoms with Crippen molar-refractivity contribution in [1.82, 2.24) is 5.32 Å². The van der Waals surface area contributed by atoms with E-state index >= 15 is 0 Å². The zero-order valence-corrected chi connectivity index (χ0v) is 22.8. The minimum absolute atomic E-state index is 0.0801. The van der Waals surface area contributed by atoms with Crippen LogP contribution >= 0.6 is 0 Å². The van der Waals surface area contributed by atoms with Gasteiger partial charge in [0, 0.05) is 64.2 Å². The molecule has 8 nitrogen and oxygen atoms in total. The number of hydrogen-bond donors (Lipinski definition) is 2. The summed E-state index contributed by atoms with van der Waals surface area (Å²) in [7, 11) is 3.34. The molecule has 3 aromatic carbocycles. The van der Waals surface area contributed by atoms with Gasteiger partial charge >= 0.3 is 0 Å². The summed E-state index contributed by atoms with van der Waals surface area (Å²) in [5, 5.41) is 5.98. The number of anilines is 3. The molecule has 1 aliphatic heterocycles. The number of para-hydroxylation sites is 2. The number of benzene rings is 3. The lowest BCUT2D eigenvalue weighted by atomic mass is 10.1. The van der Waals surface area contributed by atoms with Crippen LogP contribution < -0.4 is 25.2 Å². The third kappa shape index (κ3) is 7.74. The summed E-state index contributed by atoms with van der Waals surface area (Å²) in [5.74, 6) is 0.617. The summed E-state index contributed by atoms with van der Waals surface area (Å²) in [4.78, 5) is 30.5. The Morgan fingerprint density at radius 2 is 1.54 bits per heavy atom. The van der Waals surface area contributed by atoms with Crippen LogP contribution in [0, 0.1) is 0 Å². The molecule has 3 aromatic rings. The zero-order valence-electron chi connectivity index (χ0n) is 22.8. The lowest BCUT2D eigenvalue weighted by Crippen LogP contribution is -2.47. The van der Waals surface area contributed by atoms with Gasteiger partial charge in [0.05, 0.1) is 18.4 Å². The molecule has 206 valence electrons. The zero-order chi connectivity index (χ0) is 27.5. The molecule has 0 radical (unpaired) electrons. The highest BCUT2D eigenvalue weighted by atomic mass is 16.5. The van der Waals surface area contributed by atoms with Crippen LogP contribution in [0.15, 0.2) is 72.8 Å². The van der Waals surface area contributed by atoms with Gasteiger partial charge in [0.2, 0.25) is 5.91 Å². The standard InChI is InChI=1S/C31H38N4O4/c1-38-22-8-17-32-31(37)26-23-25(33-30(36)16-13-24-9-4-3-5-10-24)14-15-27(26)34-18-20-35(21-19-34)28-11-6-7-12-29(28)39-2/h3-7,9-12,14-15,23H,8,13,16-22H2,1-2H3,(H,32,37)(H,33,36). The van der Waals surface area contributed by atoms with E-state index in [9.17, 15) is 9.59 Å². The molecule has 0 saturated carbocycles. The summed E-state index contributed by atoms with van der Waals surface area (Å²) >= 11 is 0. The molecule has 1 heterocycles. The van der Waals surface area contributed by atoms with E-state index in [4.69, 9.17) is 9.47 Å². The summed E-state index contributed by atoms with van der Waals surface area (Å²) in [6.45, 7) is 4.20. The van der Waals surface area contributed by atoms with Crippen molar-refractivity contribution in [2.75, 3.05) is 68.7 Å². The second-order valence-electron chi connectivity index (χ2n) is 9.51. The molecular formula is C31H38N4O4. The van der Waals surface area contributed by atoms with Crippen molar-refractivity contribution in [2.24, 2.45) is 0 Å². The Labute approximate surface area is 230 Å². The van der Waals surface area contributed by atoms with Gasteiger partial charge in [-0.25, -0.2) is 0 Å². The number of ether oxygens (including phenoxy) is 2. The predicted octanol–water partition coefficient (Wildman–Crippen LogP) is 4.36. The van der Waals surface area contributed by atoms with Crippen LogP contribution in [-0.4, -0.2) is 65.4 Å². The van der Waals surface area contributed by atoms with E-state index in [2.05, 4.69) is 26.5 Å². The summed E-state index contributed by atoms with van der Waals surface area (Å²) in [6.07, 6.45) is 1.76. The fourth-order valence-corrected chi connectivity index (χ4v) is 4.79. The summed E-state index contributed by atoms with van der Waals surface area (Å²) < 4.78 is 10.7. The molecule has 0 bridgehead atoms. The van der Waals surface area contributed by atoms with E-state index in [0.717, 1.165) is 55.3 Å². The third-order valence-electron chi connectivity index (χ3n) is 6.87. The fraction of sp³-hybridized carbons (Fsp3) is 0.355. The quantitative estimate of drug-likeness (QED) is 0.339. The first kappa shape index (κ1) is 28.0. The smallest absolute Gasteiger partial charge is 0.253 e. The van der Waals surface area contributed by atoms with Crippen LogP contribution in [0.2, 0.25) is 0 Å². The number of piperazine rings is 1. The molecule has 1 saturated heterocycles. The second kappa shape index (κ2) is 14.2. The number of rotatable bonds is 12. The van der Waals surface area contributed by atoms with E-state index in [1.54, 1.807) is 20.3 Å². The van der Waals surface area contributed by atoms with Crippen molar-refractivity contribution < 1.29 is 19.1 Å². The Kier molecular flexibility index (Phi) is 10.2.